The highest BCUT2D eigenvalue weighted by Gasteiger charge is 2.12. The fourth-order valence-corrected chi connectivity index (χ4v) is 1.95. The molecule has 0 spiro atoms. The van der Waals surface area contributed by atoms with Crippen molar-refractivity contribution in [2.24, 2.45) is 0 Å². The Morgan fingerprint density at radius 2 is 1.50 bits per heavy atom. The molecule has 1 unspecified atom stereocenters. The molecule has 0 saturated carbocycles. The summed E-state index contributed by atoms with van der Waals surface area (Å²) in [4.78, 5) is 0. The van der Waals surface area contributed by atoms with Crippen molar-refractivity contribution < 1.29 is 5.11 Å². The molecule has 0 radical (unpaired) electrons. The molecule has 0 bridgehead atoms. The number of hydrogen-bond acceptors (Lipinski definition) is 1. The number of benzene rings is 2. The number of aliphatic hydroxyl groups is 1. The third kappa shape index (κ3) is 3.96. The van der Waals surface area contributed by atoms with Crippen LogP contribution in [0.15, 0.2) is 53.0 Å². The van der Waals surface area contributed by atoms with Crippen LogP contribution in [0.25, 0.3) is 11.1 Å². The third-order valence-corrected chi connectivity index (χ3v) is 3.76. The summed E-state index contributed by atoms with van der Waals surface area (Å²) in [5, 5.41) is 9.87. The lowest BCUT2D eigenvalue weighted by Crippen LogP contribution is -2.19. The van der Waals surface area contributed by atoms with Gasteiger partial charge in [-0.1, -0.05) is 59.0 Å². The van der Waals surface area contributed by atoms with Crippen molar-refractivity contribution >= 4 is 15.9 Å². The van der Waals surface area contributed by atoms with Crippen LogP contribution in [0.2, 0.25) is 0 Å². The average molecular weight is 329 g/mol. The van der Waals surface area contributed by atoms with Crippen molar-refractivity contribution in [3.05, 3.63) is 58.6 Å². The minimum atomic E-state index is -0.912. The van der Waals surface area contributed by atoms with Gasteiger partial charge in [0.2, 0.25) is 0 Å². The van der Waals surface area contributed by atoms with Gasteiger partial charge in [0, 0.05) is 10.0 Å². The van der Waals surface area contributed by atoms with E-state index in [1.54, 1.807) is 6.92 Å². The van der Waals surface area contributed by atoms with Crippen molar-refractivity contribution in [2.75, 3.05) is 0 Å². The van der Waals surface area contributed by atoms with Gasteiger partial charge in [0.15, 0.2) is 0 Å². The fraction of sp³-hybridized carbons (Fsp3) is 0.222. The molecule has 1 nitrogen and oxygen atoms in total. The zero-order chi connectivity index (χ0) is 14.6. The van der Waals surface area contributed by atoms with Crippen LogP contribution < -0.4 is 0 Å². The van der Waals surface area contributed by atoms with Gasteiger partial charge in [-0.2, -0.15) is 0 Å². The maximum atomic E-state index is 9.87. The van der Waals surface area contributed by atoms with Crippen LogP contribution >= 0.6 is 15.9 Å². The van der Waals surface area contributed by atoms with Gasteiger partial charge in [-0.25, -0.2) is 0 Å². The first-order valence-corrected chi connectivity index (χ1v) is 7.41. The van der Waals surface area contributed by atoms with E-state index in [4.69, 9.17) is 0 Å². The number of hydrogen-bond donors (Lipinski definition) is 1. The van der Waals surface area contributed by atoms with E-state index in [-0.39, 0.29) is 0 Å². The summed E-state index contributed by atoms with van der Waals surface area (Å²) in [6.07, 6.45) is 0.622. The summed E-state index contributed by atoms with van der Waals surface area (Å²) in [6.45, 7) is 3.65. The minimum Gasteiger partial charge on any atom is -0.378 e. The molecule has 0 aromatic heterocycles. The zero-order valence-corrected chi connectivity index (χ0v) is 13.2. The van der Waals surface area contributed by atoms with Crippen LogP contribution in [-0.4, -0.2) is 10.7 Å². The largest absolute Gasteiger partial charge is 0.378 e. The SMILES string of the molecule is CCC(C)(O)C#Cc1ccc(-c2ccc(Br)cc2)cc1. The Morgan fingerprint density at radius 1 is 1.00 bits per heavy atom. The molecule has 0 heterocycles. The predicted octanol–water partition coefficient (Wildman–Crippen LogP) is 4.63. The van der Waals surface area contributed by atoms with Crippen molar-refractivity contribution in [3.63, 3.8) is 0 Å². The summed E-state index contributed by atoms with van der Waals surface area (Å²) in [5.41, 5.74) is 2.34. The molecule has 1 N–H and O–H groups in total. The normalized spacial score (nSPS) is 13.2. The molecule has 0 saturated heterocycles. The third-order valence-electron chi connectivity index (χ3n) is 3.23. The van der Waals surface area contributed by atoms with E-state index in [1.807, 2.05) is 43.3 Å². The van der Waals surface area contributed by atoms with Crippen molar-refractivity contribution in [1.29, 1.82) is 0 Å². The second-order valence-electron chi connectivity index (χ2n) is 4.96. The summed E-state index contributed by atoms with van der Waals surface area (Å²) < 4.78 is 1.07. The highest BCUT2D eigenvalue weighted by Crippen LogP contribution is 2.22. The van der Waals surface area contributed by atoms with Gasteiger partial charge in [-0.15, -0.1) is 0 Å². The lowest BCUT2D eigenvalue weighted by atomic mass is 10.0. The van der Waals surface area contributed by atoms with Gasteiger partial charge in [0.1, 0.15) is 5.60 Å². The Kier molecular flexibility index (Phi) is 4.65. The number of halogens is 1. The van der Waals surface area contributed by atoms with Gasteiger partial charge >= 0.3 is 0 Å². The topological polar surface area (TPSA) is 20.2 Å². The van der Waals surface area contributed by atoms with Gasteiger partial charge in [-0.3, -0.25) is 0 Å². The highest BCUT2D eigenvalue weighted by molar-refractivity contribution is 9.10. The van der Waals surface area contributed by atoms with Gasteiger partial charge in [-0.05, 0) is 48.7 Å². The lowest BCUT2D eigenvalue weighted by Gasteiger charge is -2.11. The first-order chi connectivity index (χ1) is 9.50. The average Bonchev–Trinajstić information content (AvgIpc) is 2.47. The summed E-state index contributed by atoms with van der Waals surface area (Å²) >= 11 is 3.43. The molecule has 0 fully saturated rings. The first kappa shape index (κ1) is 14.8. The van der Waals surface area contributed by atoms with Crippen LogP contribution in [0.5, 0.6) is 0 Å². The van der Waals surface area contributed by atoms with E-state index in [9.17, 15) is 5.11 Å². The Morgan fingerprint density at radius 3 is 2.00 bits per heavy atom. The molecule has 0 aliphatic rings. The molecule has 102 valence electrons. The standard InChI is InChI=1S/C18H17BrO/c1-3-18(2,20)13-12-14-4-6-15(7-5-14)16-8-10-17(19)11-9-16/h4-11,20H,3H2,1-2H3. The summed E-state index contributed by atoms with van der Waals surface area (Å²) in [5.74, 6) is 5.91. The molecule has 0 aliphatic carbocycles. The Hall–Kier alpha value is -1.56. The number of rotatable bonds is 2. The summed E-state index contributed by atoms with van der Waals surface area (Å²) in [6, 6.07) is 16.3. The minimum absolute atomic E-state index is 0.622. The van der Waals surface area contributed by atoms with Crippen molar-refractivity contribution in [2.45, 2.75) is 25.9 Å². The van der Waals surface area contributed by atoms with E-state index >= 15 is 0 Å². The molecule has 0 amide bonds. The van der Waals surface area contributed by atoms with Crippen molar-refractivity contribution in [1.82, 2.24) is 0 Å². The van der Waals surface area contributed by atoms with E-state index in [2.05, 4.69) is 39.9 Å². The molecule has 2 aromatic carbocycles. The van der Waals surface area contributed by atoms with Crippen LogP contribution in [-0.2, 0) is 0 Å². The van der Waals surface area contributed by atoms with Gasteiger partial charge in [0.25, 0.3) is 0 Å². The molecular formula is C18H17BrO. The van der Waals surface area contributed by atoms with E-state index in [1.165, 1.54) is 5.56 Å². The monoisotopic (exact) mass is 328 g/mol. The lowest BCUT2D eigenvalue weighted by molar-refractivity contribution is 0.118. The van der Waals surface area contributed by atoms with Crippen LogP contribution in [0.3, 0.4) is 0 Å². The molecule has 1 atom stereocenters. The molecule has 2 heteroatoms. The molecule has 0 aliphatic heterocycles. The smallest absolute Gasteiger partial charge is 0.122 e. The Labute approximate surface area is 128 Å². The van der Waals surface area contributed by atoms with Crippen LogP contribution in [0.4, 0.5) is 0 Å². The zero-order valence-electron chi connectivity index (χ0n) is 11.7. The van der Waals surface area contributed by atoms with Gasteiger partial charge in [0.05, 0.1) is 0 Å². The van der Waals surface area contributed by atoms with E-state index in [0.29, 0.717) is 6.42 Å². The molecule has 2 aromatic rings. The van der Waals surface area contributed by atoms with Crippen LogP contribution in [0.1, 0.15) is 25.8 Å². The Bertz CT molecular complexity index is 628. The molecular weight excluding hydrogens is 312 g/mol. The van der Waals surface area contributed by atoms with E-state index in [0.717, 1.165) is 15.6 Å². The highest BCUT2D eigenvalue weighted by atomic mass is 79.9. The maximum Gasteiger partial charge on any atom is 0.122 e. The quantitative estimate of drug-likeness (QED) is 0.797. The van der Waals surface area contributed by atoms with E-state index < -0.39 is 5.60 Å². The summed E-state index contributed by atoms with van der Waals surface area (Å²) in [7, 11) is 0. The van der Waals surface area contributed by atoms with Crippen molar-refractivity contribution in [3.8, 4) is 23.0 Å². The molecule has 2 rings (SSSR count). The van der Waals surface area contributed by atoms with Crippen LogP contribution in [0, 0.1) is 11.8 Å². The first-order valence-electron chi connectivity index (χ1n) is 6.62. The van der Waals surface area contributed by atoms with Gasteiger partial charge < -0.3 is 5.11 Å². The second kappa shape index (κ2) is 6.26. The maximum absolute atomic E-state index is 9.87. The fourth-order valence-electron chi connectivity index (χ4n) is 1.68. The predicted molar refractivity (Wildman–Crippen MR) is 87.4 cm³/mol. The molecule has 20 heavy (non-hydrogen) atoms. The second-order valence-corrected chi connectivity index (χ2v) is 5.88. The Balaban J connectivity index is 2.20.